The summed E-state index contributed by atoms with van der Waals surface area (Å²) in [7, 11) is 1.82. The van der Waals surface area contributed by atoms with E-state index in [4.69, 9.17) is 0 Å². The van der Waals surface area contributed by atoms with Gasteiger partial charge in [0.15, 0.2) is 0 Å². The second-order valence-electron chi connectivity index (χ2n) is 4.91. The Bertz CT molecular complexity index is 575. The lowest BCUT2D eigenvalue weighted by Crippen LogP contribution is -2.11. The number of aryl methyl sites for hydroxylation is 4. The molecule has 0 spiro atoms. The highest BCUT2D eigenvalue weighted by molar-refractivity contribution is 5.46. The van der Waals surface area contributed by atoms with Gasteiger partial charge in [-0.15, -0.1) is 0 Å². The van der Waals surface area contributed by atoms with Crippen molar-refractivity contribution in [2.24, 2.45) is 0 Å². The number of aromatic nitrogens is 4. The van der Waals surface area contributed by atoms with Crippen LogP contribution in [0.15, 0.2) is 12.3 Å². The molecule has 0 aliphatic rings. The summed E-state index contributed by atoms with van der Waals surface area (Å²) in [5.74, 6) is 1.52. The minimum atomic E-state index is 0.636. The molecule has 6 nitrogen and oxygen atoms in total. The van der Waals surface area contributed by atoms with Gasteiger partial charge in [-0.3, -0.25) is 4.68 Å². The molecule has 20 heavy (non-hydrogen) atoms. The van der Waals surface area contributed by atoms with Crippen LogP contribution in [0.25, 0.3) is 0 Å². The summed E-state index contributed by atoms with van der Waals surface area (Å²) < 4.78 is 2.04. The third kappa shape index (κ3) is 3.46. The first-order valence-corrected chi connectivity index (χ1v) is 6.86. The average molecular weight is 274 g/mol. The summed E-state index contributed by atoms with van der Waals surface area (Å²) in [5, 5.41) is 10.7. The molecule has 108 valence electrons. The lowest BCUT2D eigenvalue weighted by Gasteiger charge is -2.10. The predicted molar refractivity (Wildman–Crippen MR) is 81.1 cm³/mol. The maximum atomic E-state index is 4.45. The van der Waals surface area contributed by atoms with Gasteiger partial charge in [-0.1, -0.05) is 0 Å². The van der Waals surface area contributed by atoms with E-state index < -0.39 is 0 Å². The molecule has 0 saturated carbocycles. The van der Waals surface area contributed by atoms with Crippen LogP contribution in [0, 0.1) is 20.8 Å². The Labute approximate surface area is 119 Å². The fourth-order valence-electron chi connectivity index (χ4n) is 2.08. The number of rotatable bonds is 6. The third-order valence-corrected chi connectivity index (χ3v) is 3.14. The zero-order valence-corrected chi connectivity index (χ0v) is 12.6. The molecule has 0 aliphatic heterocycles. The Hall–Kier alpha value is -2.11. The van der Waals surface area contributed by atoms with Crippen molar-refractivity contribution in [3.8, 4) is 0 Å². The SMILES string of the molecule is CNc1ncc(C)c(NCCCn2nc(C)cc2C)n1. The molecule has 0 unspecified atom stereocenters. The lowest BCUT2D eigenvalue weighted by molar-refractivity contribution is 0.573. The van der Waals surface area contributed by atoms with Crippen LogP contribution >= 0.6 is 0 Å². The van der Waals surface area contributed by atoms with E-state index in [1.165, 1.54) is 5.69 Å². The van der Waals surface area contributed by atoms with E-state index in [1.807, 2.05) is 31.8 Å². The highest BCUT2D eigenvalue weighted by Gasteiger charge is 2.03. The van der Waals surface area contributed by atoms with Gasteiger partial charge in [-0.2, -0.15) is 10.1 Å². The van der Waals surface area contributed by atoms with Crippen LogP contribution < -0.4 is 10.6 Å². The van der Waals surface area contributed by atoms with Crippen LogP contribution in [0.4, 0.5) is 11.8 Å². The largest absolute Gasteiger partial charge is 0.370 e. The summed E-state index contributed by atoms with van der Waals surface area (Å²) in [6, 6.07) is 2.10. The molecular formula is C14H22N6. The predicted octanol–water partition coefficient (Wildman–Crippen LogP) is 2.14. The van der Waals surface area contributed by atoms with E-state index >= 15 is 0 Å². The van der Waals surface area contributed by atoms with Crippen LogP contribution in [0.5, 0.6) is 0 Å². The van der Waals surface area contributed by atoms with Crippen molar-refractivity contribution < 1.29 is 0 Å². The van der Waals surface area contributed by atoms with Crippen LogP contribution in [-0.4, -0.2) is 33.3 Å². The zero-order valence-electron chi connectivity index (χ0n) is 12.6. The van der Waals surface area contributed by atoms with Gasteiger partial charge >= 0.3 is 0 Å². The maximum Gasteiger partial charge on any atom is 0.224 e. The summed E-state index contributed by atoms with van der Waals surface area (Å²) in [6.45, 7) is 7.88. The van der Waals surface area contributed by atoms with Crippen molar-refractivity contribution in [3.63, 3.8) is 0 Å². The van der Waals surface area contributed by atoms with Gasteiger partial charge in [0.1, 0.15) is 5.82 Å². The van der Waals surface area contributed by atoms with Crippen molar-refractivity contribution in [2.45, 2.75) is 33.7 Å². The van der Waals surface area contributed by atoms with Gasteiger partial charge in [-0.05, 0) is 33.3 Å². The monoisotopic (exact) mass is 274 g/mol. The van der Waals surface area contributed by atoms with Crippen LogP contribution in [-0.2, 0) is 6.54 Å². The smallest absolute Gasteiger partial charge is 0.224 e. The number of nitrogens with one attached hydrogen (secondary N) is 2. The Morgan fingerprint density at radius 2 is 2.05 bits per heavy atom. The number of hydrogen-bond donors (Lipinski definition) is 2. The van der Waals surface area contributed by atoms with E-state index in [-0.39, 0.29) is 0 Å². The Balaban J connectivity index is 1.85. The molecule has 0 radical (unpaired) electrons. The number of hydrogen-bond acceptors (Lipinski definition) is 5. The molecule has 2 heterocycles. The van der Waals surface area contributed by atoms with Gasteiger partial charge in [-0.25, -0.2) is 4.98 Å². The first kappa shape index (κ1) is 14.3. The highest BCUT2D eigenvalue weighted by Crippen LogP contribution is 2.12. The van der Waals surface area contributed by atoms with E-state index in [0.29, 0.717) is 5.95 Å². The molecule has 2 aromatic rings. The van der Waals surface area contributed by atoms with Crippen LogP contribution in [0.1, 0.15) is 23.4 Å². The fourth-order valence-corrected chi connectivity index (χ4v) is 2.08. The molecule has 0 aliphatic carbocycles. The Kier molecular flexibility index (Phi) is 4.55. The second kappa shape index (κ2) is 6.36. The molecule has 0 atom stereocenters. The minimum Gasteiger partial charge on any atom is -0.370 e. The first-order chi connectivity index (χ1) is 9.60. The van der Waals surface area contributed by atoms with Crippen molar-refractivity contribution in [1.82, 2.24) is 19.7 Å². The number of nitrogens with zero attached hydrogens (tertiary/aromatic N) is 4. The van der Waals surface area contributed by atoms with Crippen LogP contribution in [0.2, 0.25) is 0 Å². The molecule has 0 aromatic carbocycles. The molecule has 0 bridgehead atoms. The average Bonchev–Trinajstić information content (AvgIpc) is 2.75. The number of anilines is 2. The van der Waals surface area contributed by atoms with Gasteiger partial charge in [0, 0.05) is 37.6 Å². The molecule has 6 heteroatoms. The third-order valence-electron chi connectivity index (χ3n) is 3.14. The van der Waals surface area contributed by atoms with E-state index in [1.54, 1.807) is 0 Å². The Morgan fingerprint density at radius 1 is 1.25 bits per heavy atom. The molecule has 0 amide bonds. The molecule has 0 saturated heterocycles. The van der Waals surface area contributed by atoms with Crippen molar-refractivity contribution in [1.29, 1.82) is 0 Å². The lowest BCUT2D eigenvalue weighted by atomic mass is 10.3. The summed E-state index contributed by atoms with van der Waals surface area (Å²) >= 11 is 0. The summed E-state index contributed by atoms with van der Waals surface area (Å²) in [4.78, 5) is 8.57. The topological polar surface area (TPSA) is 67.7 Å². The second-order valence-corrected chi connectivity index (χ2v) is 4.91. The van der Waals surface area contributed by atoms with Crippen LogP contribution in [0.3, 0.4) is 0 Å². The zero-order chi connectivity index (χ0) is 14.5. The molecule has 2 rings (SSSR count). The van der Waals surface area contributed by atoms with Gasteiger partial charge in [0.05, 0.1) is 5.69 Å². The van der Waals surface area contributed by atoms with Crippen molar-refractivity contribution in [3.05, 3.63) is 29.2 Å². The molecule has 0 fully saturated rings. The quantitative estimate of drug-likeness (QED) is 0.790. The fraction of sp³-hybridized carbons (Fsp3) is 0.500. The van der Waals surface area contributed by atoms with E-state index in [0.717, 1.165) is 36.6 Å². The van der Waals surface area contributed by atoms with E-state index in [9.17, 15) is 0 Å². The molecular weight excluding hydrogens is 252 g/mol. The normalized spacial score (nSPS) is 10.6. The highest BCUT2D eigenvalue weighted by atomic mass is 15.3. The van der Waals surface area contributed by atoms with Gasteiger partial charge < -0.3 is 10.6 Å². The van der Waals surface area contributed by atoms with Gasteiger partial charge in [0.2, 0.25) is 5.95 Å². The molecule has 2 N–H and O–H groups in total. The maximum absolute atomic E-state index is 4.45. The van der Waals surface area contributed by atoms with Crippen molar-refractivity contribution in [2.75, 3.05) is 24.2 Å². The van der Waals surface area contributed by atoms with Gasteiger partial charge in [0.25, 0.3) is 0 Å². The summed E-state index contributed by atoms with van der Waals surface area (Å²) in [6.07, 6.45) is 2.82. The standard InChI is InChI=1S/C14H22N6/c1-10-9-17-14(15-4)18-13(10)16-6-5-7-20-12(3)8-11(2)19-20/h8-9H,5-7H2,1-4H3,(H2,15,16,17,18). The minimum absolute atomic E-state index is 0.636. The first-order valence-electron chi connectivity index (χ1n) is 6.86. The van der Waals surface area contributed by atoms with E-state index in [2.05, 4.69) is 38.7 Å². The summed E-state index contributed by atoms with van der Waals surface area (Å²) in [5.41, 5.74) is 3.33. The Morgan fingerprint density at radius 3 is 2.70 bits per heavy atom. The van der Waals surface area contributed by atoms with Crippen molar-refractivity contribution >= 4 is 11.8 Å². The molecule has 2 aromatic heterocycles.